The third-order valence-corrected chi connectivity index (χ3v) is 5.59. The van der Waals surface area contributed by atoms with Crippen molar-refractivity contribution in [2.45, 2.75) is 39.0 Å². The predicted octanol–water partition coefficient (Wildman–Crippen LogP) is 3.97. The molecule has 0 N–H and O–H groups in total. The first-order valence-corrected chi connectivity index (χ1v) is 9.79. The van der Waals surface area contributed by atoms with Gasteiger partial charge in [0.25, 0.3) is 24.5 Å². The molecule has 1 amide bonds. The molecular weight excluding hydrogens is 416 g/mol. The minimum Gasteiger partial charge on any atom is -0.338 e. The molecule has 1 aliphatic rings. The number of carbonyl (C=O) groups excluding carboxylic acids is 1. The number of piperidine rings is 1. The molecule has 3 aromatic heterocycles. The van der Waals surface area contributed by atoms with Gasteiger partial charge in [0.1, 0.15) is 17.7 Å². The van der Waals surface area contributed by atoms with Crippen LogP contribution in [0.15, 0.2) is 24.5 Å². The van der Waals surface area contributed by atoms with Crippen molar-refractivity contribution >= 4 is 11.7 Å². The van der Waals surface area contributed by atoms with Gasteiger partial charge in [0, 0.05) is 30.3 Å². The summed E-state index contributed by atoms with van der Waals surface area (Å²) in [7, 11) is 0. The Kier molecular flexibility index (Phi) is 5.59. The minimum atomic E-state index is -2.79. The maximum Gasteiger partial charge on any atom is 0.280 e. The lowest BCUT2D eigenvalue weighted by Crippen LogP contribution is -2.42. The molecule has 0 aliphatic carbocycles. The number of halogens is 4. The van der Waals surface area contributed by atoms with Gasteiger partial charge in [-0.2, -0.15) is 10.1 Å². The maximum absolute atomic E-state index is 13.4. The summed E-state index contributed by atoms with van der Waals surface area (Å²) in [5, 5.41) is 4.10. The van der Waals surface area contributed by atoms with Gasteiger partial charge >= 0.3 is 0 Å². The van der Waals surface area contributed by atoms with Gasteiger partial charge in [-0.1, -0.05) is 6.92 Å². The largest absolute Gasteiger partial charge is 0.338 e. The highest BCUT2D eigenvalue weighted by molar-refractivity contribution is 5.94. The summed E-state index contributed by atoms with van der Waals surface area (Å²) >= 11 is 0. The van der Waals surface area contributed by atoms with Crippen LogP contribution >= 0.6 is 0 Å². The van der Waals surface area contributed by atoms with Gasteiger partial charge in [-0.15, -0.1) is 0 Å². The Bertz CT molecular complexity index is 1120. The summed E-state index contributed by atoms with van der Waals surface area (Å²) in [4.78, 5) is 26.2. The minimum absolute atomic E-state index is 0.0646. The molecular formula is C20H20F4N6O. The lowest BCUT2D eigenvalue weighted by atomic mass is 9.84. The Morgan fingerprint density at radius 2 is 1.81 bits per heavy atom. The number of likely N-dealkylation sites (tertiary alicyclic amines) is 1. The number of hydrogen-bond acceptors (Lipinski definition) is 5. The summed E-state index contributed by atoms with van der Waals surface area (Å²) in [6, 6.07) is 3.87. The highest BCUT2D eigenvalue weighted by Crippen LogP contribution is 2.34. The van der Waals surface area contributed by atoms with Crippen molar-refractivity contribution in [2.24, 2.45) is 5.92 Å². The SMILES string of the molecule is Cc1cc(C(=O)N2CC[C@@H](C)C(c3cc(C(F)F)nc4ncnn34)C2)cc(C(F)F)n1. The van der Waals surface area contributed by atoms with E-state index in [0.717, 1.165) is 6.07 Å². The number of pyridine rings is 1. The maximum atomic E-state index is 13.4. The Morgan fingerprint density at radius 1 is 1.10 bits per heavy atom. The van der Waals surface area contributed by atoms with Crippen LogP contribution in [0.1, 0.15) is 65.2 Å². The van der Waals surface area contributed by atoms with Crippen molar-refractivity contribution in [3.8, 4) is 0 Å². The molecule has 7 nitrogen and oxygen atoms in total. The summed E-state index contributed by atoms with van der Waals surface area (Å²) in [5.74, 6) is -0.572. The van der Waals surface area contributed by atoms with Gasteiger partial charge in [-0.25, -0.2) is 27.1 Å². The van der Waals surface area contributed by atoms with E-state index in [1.54, 1.807) is 11.8 Å². The molecule has 1 fully saturated rings. The van der Waals surface area contributed by atoms with Crippen LogP contribution < -0.4 is 0 Å². The number of aryl methyl sites for hydroxylation is 1. The molecule has 0 spiro atoms. The molecule has 164 valence electrons. The molecule has 1 saturated heterocycles. The first-order chi connectivity index (χ1) is 14.7. The Balaban J connectivity index is 1.68. The molecule has 11 heteroatoms. The topological polar surface area (TPSA) is 76.3 Å². The van der Waals surface area contributed by atoms with Crippen LogP contribution in [0, 0.1) is 12.8 Å². The van der Waals surface area contributed by atoms with E-state index >= 15 is 0 Å². The van der Waals surface area contributed by atoms with Crippen molar-refractivity contribution in [3.63, 3.8) is 0 Å². The van der Waals surface area contributed by atoms with Gasteiger partial charge < -0.3 is 4.90 Å². The van der Waals surface area contributed by atoms with Crippen molar-refractivity contribution in [1.29, 1.82) is 0 Å². The van der Waals surface area contributed by atoms with Crippen LogP contribution in [-0.2, 0) is 0 Å². The summed E-state index contributed by atoms with van der Waals surface area (Å²) in [5.41, 5.74) is 0.0814. The normalized spacial score (nSPS) is 19.5. The molecule has 31 heavy (non-hydrogen) atoms. The van der Waals surface area contributed by atoms with E-state index in [4.69, 9.17) is 0 Å². The second-order valence-electron chi connectivity index (χ2n) is 7.72. The monoisotopic (exact) mass is 436 g/mol. The second kappa shape index (κ2) is 8.20. The average Bonchev–Trinajstić information content (AvgIpc) is 3.21. The van der Waals surface area contributed by atoms with Gasteiger partial charge in [-0.05, 0) is 37.5 Å². The van der Waals surface area contributed by atoms with Gasteiger partial charge in [0.15, 0.2) is 0 Å². The van der Waals surface area contributed by atoms with Crippen molar-refractivity contribution < 1.29 is 22.4 Å². The van der Waals surface area contributed by atoms with Crippen LogP contribution in [0.4, 0.5) is 17.6 Å². The fourth-order valence-electron chi connectivity index (χ4n) is 3.98. The van der Waals surface area contributed by atoms with Crippen LogP contribution in [0.25, 0.3) is 5.78 Å². The standard InChI is InChI=1S/C20H20F4N6O/c1-10-3-4-29(19(31)12-5-11(2)27-14(6-12)17(21)22)8-13(10)16-7-15(18(23)24)28-20-25-9-26-30(16)20/h5-7,9-10,13,17-18H,3-4,8H2,1-2H3/t10-,13?/m1/s1. The van der Waals surface area contributed by atoms with E-state index in [1.807, 2.05) is 6.92 Å². The molecule has 3 aromatic rings. The predicted molar refractivity (Wildman–Crippen MR) is 102 cm³/mol. The van der Waals surface area contributed by atoms with Crippen molar-refractivity contribution in [1.82, 2.24) is 29.5 Å². The smallest absolute Gasteiger partial charge is 0.280 e. The number of nitrogens with zero attached hydrogens (tertiary/aromatic N) is 6. The van der Waals surface area contributed by atoms with Crippen molar-refractivity contribution in [2.75, 3.05) is 13.1 Å². The van der Waals surface area contributed by atoms with E-state index in [-0.39, 0.29) is 29.7 Å². The summed E-state index contributed by atoms with van der Waals surface area (Å²) < 4.78 is 54.4. The molecule has 4 heterocycles. The third kappa shape index (κ3) is 4.08. The molecule has 2 atom stereocenters. The van der Waals surface area contributed by atoms with E-state index in [2.05, 4.69) is 20.1 Å². The Hall–Kier alpha value is -3.11. The second-order valence-corrected chi connectivity index (χ2v) is 7.72. The van der Waals surface area contributed by atoms with E-state index in [1.165, 1.54) is 23.0 Å². The fraction of sp³-hybridized carbons (Fsp3) is 0.450. The summed E-state index contributed by atoms with van der Waals surface area (Å²) in [6.07, 6.45) is -3.70. The summed E-state index contributed by atoms with van der Waals surface area (Å²) in [6.45, 7) is 4.18. The number of aromatic nitrogens is 5. The quantitative estimate of drug-likeness (QED) is 0.579. The number of rotatable bonds is 4. The molecule has 4 rings (SSSR count). The third-order valence-electron chi connectivity index (χ3n) is 5.59. The Labute approximate surface area is 175 Å². The van der Waals surface area contributed by atoms with Crippen LogP contribution in [-0.4, -0.2) is 48.5 Å². The number of fused-ring (bicyclic) bond motifs is 1. The lowest BCUT2D eigenvalue weighted by molar-refractivity contribution is 0.0664. The first-order valence-electron chi connectivity index (χ1n) is 9.79. The molecule has 0 saturated carbocycles. The zero-order valence-corrected chi connectivity index (χ0v) is 16.8. The van der Waals surface area contributed by atoms with Crippen LogP contribution in [0.5, 0.6) is 0 Å². The van der Waals surface area contributed by atoms with Crippen LogP contribution in [0.2, 0.25) is 0 Å². The lowest BCUT2D eigenvalue weighted by Gasteiger charge is -2.37. The zero-order valence-electron chi connectivity index (χ0n) is 16.8. The first kappa shape index (κ1) is 21.1. The molecule has 0 aromatic carbocycles. The van der Waals surface area contributed by atoms with E-state index in [9.17, 15) is 22.4 Å². The Morgan fingerprint density at radius 3 is 2.52 bits per heavy atom. The van der Waals surface area contributed by atoms with Gasteiger partial charge in [0.05, 0.1) is 5.69 Å². The highest BCUT2D eigenvalue weighted by Gasteiger charge is 2.33. The number of alkyl halides is 4. The molecule has 1 unspecified atom stereocenters. The molecule has 1 aliphatic heterocycles. The highest BCUT2D eigenvalue weighted by atomic mass is 19.3. The van der Waals surface area contributed by atoms with Crippen molar-refractivity contribution in [3.05, 3.63) is 52.9 Å². The van der Waals surface area contributed by atoms with E-state index in [0.29, 0.717) is 24.4 Å². The fourth-order valence-corrected chi connectivity index (χ4v) is 3.98. The number of amides is 1. The van der Waals surface area contributed by atoms with Crippen LogP contribution in [0.3, 0.4) is 0 Å². The number of carbonyl (C=O) groups is 1. The van der Waals surface area contributed by atoms with Gasteiger partial charge in [-0.3, -0.25) is 9.78 Å². The number of hydrogen-bond donors (Lipinski definition) is 0. The molecule has 0 radical (unpaired) electrons. The molecule has 0 bridgehead atoms. The zero-order chi connectivity index (χ0) is 22.3. The van der Waals surface area contributed by atoms with Gasteiger partial charge in [0.2, 0.25) is 0 Å². The van der Waals surface area contributed by atoms with E-state index < -0.39 is 30.1 Å². The average molecular weight is 436 g/mol.